The fraction of sp³-hybridized carbons (Fsp3) is 0.190. The molecule has 156 valence electrons. The molecule has 0 spiro atoms. The maximum absolute atomic E-state index is 12.8. The molecule has 0 atom stereocenters. The third-order valence-corrected chi connectivity index (χ3v) is 5.80. The van der Waals surface area contributed by atoms with Gasteiger partial charge in [-0.05, 0) is 89.6 Å². The maximum atomic E-state index is 12.8. The van der Waals surface area contributed by atoms with Gasteiger partial charge in [-0.15, -0.1) is 0 Å². The number of phenolic OH excluding ortho intramolecular Hbond substituents is 1. The van der Waals surface area contributed by atoms with Crippen molar-refractivity contribution in [2.45, 2.75) is 13.8 Å². The van der Waals surface area contributed by atoms with Crippen molar-refractivity contribution in [3.8, 4) is 11.5 Å². The number of nitrogens with zero attached hydrogens (tertiary/aromatic N) is 2. The molecule has 7 nitrogen and oxygen atoms in total. The number of benzene rings is 2. The number of carbonyl (C=O) groups excluding carboxylic acids is 1. The average Bonchev–Trinajstić information content (AvgIpc) is 3.00. The Hall–Kier alpha value is -2.78. The Balaban J connectivity index is 1.93. The van der Waals surface area contributed by atoms with Gasteiger partial charge in [-0.3, -0.25) is 9.69 Å². The number of ether oxygens (including phenoxy) is 1. The molecule has 0 aliphatic carbocycles. The van der Waals surface area contributed by atoms with E-state index in [9.17, 15) is 14.7 Å². The van der Waals surface area contributed by atoms with Gasteiger partial charge in [0.1, 0.15) is 0 Å². The first-order chi connectivity index (χ1) is 14.3. The monoisotopic (exact) mass is 490 g/mol. The fourth-order valence-electron chi connectivity index (χ4n) is 2.75. The van der Waals surface area contributed by atoms with E-state index < -0.39 is 5.97 Å². The molecule has 1 aliphatic heterocycles. The second kappa shape index (κ2) is 9.36. The Labute approximate surface area is 186 Å². The first-order valence-electron chi connectivity index (χ1n) is 9.12. The lowest BCUT2D eigenvalue weighted by molar-refractivity contribution is -0.122. The van der Waals surface area contributed by atoms with Crippen LogP contribution < -0.4 is 4.74 Å². The van der Waals surface area contributed by atoms with E-state index in [4.69, 9.17) is 9.84 Å². The van der Waals surface area contributed by atoms with Gasteiger partial charge in [0, 0.05) is 6.54 Å². The molecule has 3 rings (SSSR count). The molecular weight excluding hydrogens is 472 g/mol. The van der Waals surface area contributed by atoms with Crippen LogP contribution in [-0.4, -0.2) is 45.3 Å². The highest BCUT2D eigenvalue weighted by atomic mass is 79.9. The van der Waals surface area contributed by atoms with Crippen molar-refractivity contribution in [3.05, 3.63) is 56.9 Å². The summed E-state index contributed by atoms with van der Waals surface area (Å²) in [6.07, 6.45) is 1.72. The zero-order valence-corrected chi connectivity index (χ0v) is 18.7. The van der Waals surface area contributed by atoms with E-state index >= 15 is 0 Å². The van der Waals surface area contributed by atoms with Crippen molar-refractivity contribution in [1.82, 2.24) is 4.90 Å². The van der Waals surface area contributed by atoms with Gasteiger partial charge in [-0.25, -0.2) is 9.79 Å². The third kappa shape index (κ3) is 4.68. The predicted octanol–water partition coefficient (Wildman–Crippen LogP) is 4.88. The van der Waals surface area contributed by atoms with E-state index in [2.05, 4.69) is 20.9 Å². The van der Waals surface area contributed by atoms with Crippen LogP contribution in [0.5, 0.6) is 11.5 Å². The SMILES string of the molecule is CCOc1cc(/C=C2/SC(=Nc3ccc(C(=O)O)cc3)N(CC)C2=O)cc(Br)c1O. The Morgan fingerprint density at radius 1 is 1.27 bits per heavy atom. The number of carbonyl (C=O) groups is 2. The molecule has 2 aromatic carbocycles. The minimum atomic E-state index is -1.01. The molecule has 2 N–H and O–H groups in total. The summed E-state index contributed by atoms with van der Waals surface area (Å²) in [5.41, 5.74) is 1.42. The Bertz CT molecular complexity index is 1050. The number of thioether (sulfide) groups is 1. The third-order valence-electron chi connectivity index (χ3n) is 4.19. The van der Waals surface area contributed by atoms with E-state index in [-0.39, 0.29) is 17.2 Å². The molecule has 1 fully saturated rings. The summed E-state index contributed by atoms with van der Waals surface area (Å²) in [6.45, 7) is 4.52. The number of halogens is 1. The lowest BCUT2D eigenvalue weighted by atomic mass is 10.2. The Morgan fingerprint density at radius 3 is 2.57 bits per heavy atom. The van der Waals surface area contributed by atoms with E-state index in [1.807, 2.05) is 13.8 Å². The van der Waals surface area contributed by atoms with Gasteiger partial charge < -0.3 is 14.9 Å². The highest BCUT2D eigenvalue weighted by molar-refractivity contribution is 9.10. The largest absolute Gasteiger partial charge is 0.503 e. The molecule has 9 heteroatoms. The van der Waals surface area contributed by atoms with Crippen LogP contribution in [0.1, 0.15) is 29.8 Å². The number of amides is 1. The van der Waals surface area contributed by atoms with E-state index in [0.717, 1.165) is 0 Å². The van der Waals surface area contributed by atoms with Gasteiger partial charge in [0.2, 0.25) is 0 Å². The number of carboxylic acid groups (broad SMARTS) is 1. The Kier molecular flexibility index (Phi) is 6.84. The highest BCUT2D eigenvalue weighted by Crippen LogP contribution is 2.38. The molecule has 30 heavy (non-hydrogen) atoms. The summed E-state index contributed by atoms with van der Waals surface area (Å²) in [6, 6.07) is 9.51. The standard InChI is InChI=1S/C21H19BrN2O5S/c1-3-24-19(26)17(11-12-9-15(22)18(25)16(10-12)29-4-2)30-21(24)23-14-7-5-13(6-8-14)20(27)28/h5-11,25H,3-4H2,1-2H3,(H,27,28)/b17-11+,23-21?. The molecule has 0 bridgehead atoms. The summed E-state index contributed by atoms with van der Waals surface area (Å²) in [5.74, 6) is -0.849. The van der Waals surface area contributed by atoms with E-state index in [0.29, 0.717) is 44.7 Å². The molecule has 0 unspecified atom stereocenters. The summed E-state index contributed by atoms with van der Waals surface area (Å²) < 4.78 is 5.91. The van der Waals surface area contributed by atoms with E-state index in [1.54, 1.807) is 35.2 Å². The molecule has 0 aromatic heterocycles. The minimum Gasteiger partial charge on any atom is -0.503 e. The van der Waals surface area contributed by atoms with Crippen LogP contribution in [-0.2, 0) is 4.79 Å². The van der Waals surface area contributed by atoms with Gasteiger partial charge in [-0.2, -0.15) is 0 Å². The number of rotatable bonds is 6. The van der Waals surface area contributed by atoms with Crippen LogP contribution in [0.3, 0.4) is 0 Å². The topological polar surface area (TPSA) is 99.4 Å². The lowest BCUT2D eigenvalue weighted by Crippen LogP contribution is -2.28. The molecule has 1 aliphatic rings. The number of amidine groups is 1. The minimum absolute atomic E-state index is 0.00615. The van der Waals surface area contributed by atoms with Gasteiger partial charge in [0.15, 0.2) is 16.7 Å². The zero-order valence-electron chi connectivity index (χ0n) is 16.3. The van der Waals surface area contributed by atoms with Crippen LogP contribution >= 0.6 is 27.7 Å². The number of aliphatic imine (C=N–C) groups is 1. The second-order valence-electron chi connectivity index (χ2n) is 6.19. The van der Waals surface area contributed by atoms with E-state index in [1.165, 1.54) is 23.9 Å². The fourth-order valence-corrected chi connectivity index (χ4v) is 4.28. The molecular formula is C21H19BrN2O5S. The quantitative estimate of drug-likeness (QED) is 0.560. The number of phenols is 1. The average molecular weight is 491 g/mol. The first kappa shape index (κ1) is 21.9. The van der Waals surface area contributed by atoms with Crippen molar-refractivity contribution in [1.29, 1.82) is 0 Å². The van der Waals surface area contributed by atoms with Crippen LogP contribution in [0.4, 0.5) is 5.69 Å². The van der Waals surface area contributed by atoms with Crippen molar-refractivity contribution in [3.63, 3.8) is 0 Å². The normalized spacial score (nSPS) is 16.5. The maximum Gasteiger partial charge on any atom is 0.335 e. The van der Waals surface area contributed by atoms with Gasteiger partial charge >= 0.3 is 5.97 Å². The number of hydrogen-bond donors (Lipinski definition) is 2. The zero-order chi connectivity index (χ0) is 21.8. The van der Waals surface area contributed by atoms with Crippen molar-refractivity contribution < 1.29 is 24.5 Å². The van der Waals surface area contributed by atoms with Crippen molar-refractivity contribution in [2.75, 3.05) is 13.2 Å². The van der Waals surface area contributed by atoms with Crippen LogP contribution in [0, 0.1) is 0 Å². The van der Waals surface area contributed by atoms with Gasteiger partial charge in [0.25, 0.3) is 5.91 Å². The number of carboxylic acids is 1. The molecule has 1 amide bonds. The Morgan fingerprint density at radius 2 is 1.97 bits per heavy atom. The molecule has 1 heterocycles. The summed E-state index contributed by atoms with van der Waals surface area (Å²) >= 11 is 4.54. The molecule has 2 aromatic rings. The number of aromatic hydroxyl groups is 1. The van der Waals surface area contributed by atoms with Gasteiger partial charge in [0.05, 0.1) is 27.2 Å². The van der Waals surface area contributed by atoms with Crippen molar-refractivity contribution >= 4 is 56.5 Å². The summed E-state index contributed by atoms with van der Waals surface area (Å²) in [4.78, 5) is 30.4. The van der Waals surface area contributed by atoms with Crippen LogP contribution in [0.25, 0.3) is 6.08 Å². The van der Waals surface area contributed by atoms with Gasteiger partial charge in [-0.1, -0.05) is 0 Å². The summed E-state index contributed by atoms with van der Waals surface area (Å²) in [5, 5.41) is 19.6. The van der Waals surface area contributed by atoms with Crippen LogP contribution in [0.15, 0.2) is 50.8 Å². The lowest BCUT2D eigenvalue weighted by Gasteiger charge is -2.12. The summed E-state index contributed by atoms with van der Waals surface area (Å²) in [7, 11) is 0. The first-order valence-corrected chi connectivity index (χ1v) is 10.7. The second-order valence-corrected chi connectivity index (χ2v) is 8.05. The number of hydrogen-bond acceptors (Lipinski definition) is 6. The van der Waals surface area contributed by atoms with Crippen molar-refractivity contribution in [2.24, 2.45) is 4.99 Å². The predicted molar refractivity (Wildman–Crippen MR) is 120 cm³/mol. The number of aromatic carboxylic acids is 1. The number of likely N-dealkylation sites (N-methyl/N-ethyl adjacent to an activating group) is 1. The molecule has 0 saturated carbocycles. The molecule has 1 saturated heterocycles. The molecule has 0 radical (unpaired) electrons. The smallest absolute Gasteiger partial charge is 0.335 e. The highest BCUT2D eigenvalue weighted by Gasteiger charge is 2.32. The van der Waals surface area contributed by atoms with Crippen LogP contribution in [0.2, 0.25) is 0 Å².